The van der Waals surface area contributed by atoms with Gasteiger partial charge in [-0.05, 0) is 29.7 Å². The van der Waals surface area contributed by atoms with Crippen LogP contribution in [0.15, 0.2) is 42.5 Å². The molecule has 0 bridgehead atoms. The molecule has 0 unspecified atom stereocenters. The van der Waals surface area contributed by atoms with E-state index in [0.29, 0.717) is 6.54 Å². The Hall–Kier alpha value is -2.00. The molecule has 3 heteroatoms. The third-order valence-electron chi connectivity index (χ3n) is 4.32. The molecule has 2 heterocycles. The van der Waals surface area contributed by atoms with Gasteiger partial charge in [-0.1, -0.05) is 30.3 Å². The Morgan fingerprint density at radius 3 is 2.60 bits per heavy atom. The molecule has 4 rings (SSSR count). The highest BCUT2D eigenvalue weighted by Crippen LogP contribution is 2.44. The Morgan fingerprint density at radius 2 is 1.75 bits per heavy atom. The van der Waals surface area contributed by atoms with Gasteiger partial charge in [0.05, 0.1) is 18.0 Å². The molecule has 102 valence electrons. The fourth-order valence-corrected chi connectivity index (χ4v) is 3.48. The van der Waals surface area contributed by atoms with Crippen LogP contribution in [0.4, 0.5) is 17.1 Å². The second-order valence-corrected chi connectivity index (χ2v) is 5.46. The lowest BCUT2D eigenvalue weighted by Gasteiger charge is -2.25. The summed E-state index contributed by atoms with van der Waals surface area (Å²) in [5.41, 5.74) is 6.70. The van der Waals surface area contributed by atoms with Gasteiger partial charge in [0.2, 0.25) is 0 Å². The zero-order valence-electron chi connectivity index (χ0n) is 11.4. The van der Waals surface area contributed by atoms with Crippen molar-refractivity contribution in [1.29, 1.82) is 0 Å². The van der Waals surface area contributed by atoms with Crippen molar-refractivity contribution in [2.45, 2.75) is 13.0 Å². The van der Waals surface area contributed by atoms with Crippen molar-refractivity contribution >= 4 is 17.1 Å². The predicted molar refractivity (Wildman–Crippen MR) is 81.7 cm³/mol. The van der Waals surface area contributed by atoms with Gasteiger partial charge in [-0.25, -0.2) is 0 Å². The number of anilines is 3. The van der Waals surface area contributed by atoms with Crippen LogP contribution in [0.3, 0.4) is 0 Å². The molecule has 0 radical (unpaired) electrons. The van der Waals surface area contributed by atoms with E-state index in [2.05, 4.69) is 52.3 Å². The van der Waals surface area contributed by atoms with Crippen molar-refractivity contribution in [3.05, 3.63) is 53.6 Å². The number of rotatable bonds is 2. The van der Waals surface area contributed by atoms with Gasteiger partial charge in [-0.15, -0.1) is 0 Å². The van der Waals surface area contributed by atoms with Crippen molar-refractivity contribution in [2.75, 3.05) is 29.5 Å². The molecular formula is C17H18N2O. The van der Waals surface area contributed by atoms with Gasteiger partial charge < -0.3 is 14.9 Å². The molecule has 2 aromatic rings. The van der Waals surface area contributed by atoms with E-state index in [1.807, 2.05) is 0 Å². The number of para-hydroxylation sites is 3. The highest BCUT2D eigenvalue weighted by molar-refractivity contribution is 5.84. The minimum atomic E-state index is 0.184. The number of nitrogens with zero attached hydrogens (tertiary/aromatic N) is 2. The fraction of sp³-hybridized carbons (Fsp3) is 0.294. The third-order valence-corrected chi connectivity index (χ3v) is 4.32. The van der Waals surface area contributed by atoms with Crippen LogP contribution < -0.4 is 9.80 Å². The average Bonchev–Trinajstić information content (AvgIpc) is 2.86. The van der Waals surface area contributed by atoms with E-state index < -0.39 is 0 Å². The van der Waals surface area contributed by atoms with E-state index in [1.165, 1.54) is 28.2 Å². The van der Waals surface area contributed by atoms with Gasteiger partial charge in [-0.2, -0.15) is 0 Å². The lowest BCUT2D eigenvalue weighted by atomic mass is 10.1. The molecular weight excluding hydrogens is 248 g/mol. The number of hydrogen-bond acceptors (Lipinski definition) is 3. The number of aliphatic hydroxyl groups is 1. The molecule has 0 saturated heterocycles. The molecule has 0 spiro atoms. The summed E-state index contributed by atoms with van der Waals surface area (Å²) in [4.78, 5) is 4.72. The van der Waals surface area contributed by atoms with Crippen molar-refractivity contribution in [2.24, 2.45) is 0 Å². The SMILES string of the molecule is OCCN1Cc2cccc3c2N(CC3)c2ccccc21. The first-order chi connectivity index (χ1) is 9.88. The van der Waals surface area contributed by atoms with E-state index >= 15 is 0 Å². The maximum absolute atomic E-state index is 9.36. The number of benzene rings is 2. The molecule has 0 saturated carbocycles. The third kappa shape index (κ3) is 1.63. The molecule has 2 aliphatic heterocycles. The standard InChI is InChI=1S/C17H18N2O/c20-11-10-18-12-14-5-3-4-13-8-9-19(17(13)14)16-7-2-1-6-15(16)18/h1-7,20H,8-12H2. The van der Waals surface area contributed by atoms with E-state index in [0.717, 1.165) is 19.5 Å². The average molecular weight is 266 g/mol. The van der Waals surface area contributed by atoms with Crippen molar-refractivity contribution in [3.8, 4) is 0 Å². The van der Waals surface area contributed by atoms with E-state index in [4.69, 9.17) is 0 Å². The number of β-amino-alcohol motifs (C(OH)–C–C–N with tert-alkyl or cyclic N) is 1. The second kappa shape index (κ2) is 4.53. The Bertz CT molecular complexity index is 653. The number of hydrogen-bond donors (Lipinski definition) is 1. The van der Waals surface area contributed by atoms with Crippen molar-refractivity contribution < 1.29 is 5.11 Å². The highest BCUT2D eigenvalue weighted by atomic mass is 16.3. The summed E-state index contributed by atoms with van der Waals surface area (Å²) >= 11 is 0. The Balaban J connectivity index is 1.93. The number of fused-ring (bicyclic) bond motifs is 2. The Kier molecular flexibility index (Phi) is 2.67. The molecule has 0 fully saturated rings. The van der Waals surface area contributed by atoms with Gasteiger partial charge >= 0.3 is 0 Å². The first-order valence-electron chi connectivity index (χ1n) is 7.21. The summed E-state index contributed by atoms with van der Waals surface area (Å²) in [6.07, 6.45) is 1.12. The first-order valence-corrected chi connectivity index (χ1v) is 7.21. The maximum Gasteiger partial charge on any atom is 0.0648 e. The summed E-state index contributed by atoms with van der Waals surface area (Å²) in [5, 5.41) is 9.36. The van der Waals surface area contributed by atoms with E-state index in [1.54, 1.807) is 0 Å². The quantitative estimate of drug-likeness (QED) is 0.905. The molecule has 2 aromatic carbocycles. The van der Waals surface area contributed by atoms with Crippen LogP contribution in [-0.2, 0) is 13.0 Å². The lowest BCUT2D eigenvalue weighted by Crippen LogP contribution is -2.25. The van der Waals surface area contributed by atoms with Crippen molar-refractivity contribution in [3.63, 3.8) is 0 Å². The van der Waals surface area contributed by atoms with E-state index in [9.17, 15) is 5.11 Å². The molecule has 20 heavy (non-hydrogen) atoms. The van der Waals surface area contributed by atoms with Gasteiger partial charge in [-0.3, -0.25) is 0 Å². The van der Waals surface area contributed by atoms with E-state index in [-0.39, 0.29) is 6.61 Å². The van der Waals surface area contributed by atoms with Crippen LogP contribution in [0.25, 0.3) is 0 Å². The normalized spacial score (nSPS) is 15.8. The van der Waals surface area contributed by atoms with Gasteiger partial charge in [0.1, 0.15) is 0 Å². The highest BCUT2D eigenvalue weighted by Gasteiger charge is 2.29. The summed E-state index contributed by atoms with van der Waals surface area (Å²) in [6, 6.07) is 15.1. The van der Waals surface area contributed by atoms with Crippen LogP contribution in [0, 0.1) is 0 Å². The van der Waals surface area contributed by atoms with Gasteiger partial charge in [0, 0.05) is 25.3 Å². The molecule has 1 N–H and O–H groups in total. The summed E-state index contributed by atoms with van der Waals surface area (Å²) < 4.78 is 0. The number of aliphatic hydroxyl groups excluding tert-OH is 1. The van der Waals surface area contributed by atoms with Crippen molar-refractivity contribution in [1.82, 2.24) is 0 Å². The zero-order valence-corrected chi connectivity index (χ0v) is 11.4. The second-order valence-electron chi connectivity index (χ2n) is 5.46. The summed E-state index contributed by atoms with van der Waals surface area (Å²) in [5.74, 6) is 0. The van der Waals surface area contributed by atoms with Crippen LogP contribution in [0.5, 0.6) is 0 Å². The molecule has 0 amide bonds. The van der Waals surface area contributed by atoms with Crippen LogP contribution in [-0.4, -0.2) is 24.8 Å². The molecule has 3 nitrogen and oxygen atoms in total. The molecule has 0 aliphatic carbocycles. The molecule has 0 atom stereocenters. The predicted octanol–water partition coefficient (Wildman–Crippen LogP) is 2.69. The van der Waals surface area contributed by atoms with Crippen LogP contribution >= 0.6 is 0 Å². The smallest absolute Gasteiger partial charge is 0.0648 e. The Labute approximate surface area is 119 Å². The Morgan fingerprint density at radius 1 is 0.950 bits per heavy atom. The summed E-state index contributed by atoms with van der Waals surface area (Å²) in [7, 11) is 0. The lowest BCUT2D eigenvalue weighted by molar-refractivity contribution is 0.301. The molecule has 0 aromatic heterocycles. The van der Waals surface area contributed by atoms with Gasteiger partial charge in [0.15, 0.2) is 0 Å². The topological polar surface area (TPSA) is 26.7 Å². The van der Waals surface area contributed by atoms with Gasteiger partial charge in [0.25, 0.3) is 0 Å². The monoisotopic (exact) mass is 266 g/mol. The minimum Gasteiger partial charge on any atom is -0.395 e. The minimum absolute atomic E-state index is 0.184. The fourth-order valence-electron chi connectivity index (χ4n) is 3.48. The van der Waals surface area contributed by atoms with Crippen LogP contribution in [0.2, 0.25) is 0 Å². The summed E-state index contributed by atoms with van der Waals surface area (Å²) in [6.45, 7) is 2.78. The van der Waals surface area contributed by atoms with Crippen LogP contribution in [0.1, 0.15) is 11.1 Å². The maximum atomic E-state index is 9.36. The molecule has 2 aliphatic rings. The largest absolute Gasteiger partial charge is 0.395 e. The zero-order chi connectivity index (χ0) is 13.5. The first kappa shape index (κ1) is 11.8.